The van der Waals surface area contributed by atoms with E-state index in [9.17, 15) is 4.79 Å². The van der Waals surface area contributed by atoms with Gasteiger partial charge in [0.25, 0.3) is 0 Å². The van der Waals surface area contributed by atoms with Gasteiger partial charge < -0.3 is 0 Å². The Morgan fingerprint density at radius 2 is 1.92 bits per heavy atom. The molecule has 5 heteroatoms. The molecule has 1 aromatic carbocycles. The van der Waals surface area contributed by atoms with Gasteiger partial charge in [-0.3, -0.25) is 4.79 Å². The lowest BCUT2D eigenvalue weighted by molar-refractivity contribution is 0.101. The average Bonchev–Trinajstić information content (AvgIpc) is 2.08. The zero-order valence-electron chi connectivity index (χ0n) is 6.23. The largest absolute Gasteiger partial charge is 0.292 e. The van der Waals surface area contributed by atoms with Crippen molar-refractivity contribution >= 4 is 60.8 Å². The molecule has 1 aromatic rings. The van der Waals surface area contributed by atoms with E-state index in [1.54, 1.807) is 18.2 Å². The van der Waals surface area contributed by atoms with Crippen LogP contribution < -0.4 is 0 Å². The lowest BCUT2D eigenvalue weighted by Crippen LogP contribution is -2.07. The minimum atomic E-state index is -0.434. The zero-order valence-corrected chi connectivity index (χ0v) is 10.9. The molecule has 0 unspecified atom stereocenters. The molecular formula is C8H4Br2Cl2O. The molecule has 1 rings (SSSR count). The highest BCUT2D eigenvalue weighted by Gasteiger charge is 2.17. The van der Waals surface area contributed by atoms with Crippen LogP contribution >= 0.6 is 55.1 Å². The summed E-state index contributed by atoms with van der Waals surface area (Å²) in [4.78, 5) is 11.5. The highest BCUT2D eigenvalue weighted by atomic mass is 79.9. The maximum atomic E-state index is 11.5. The van der Waals surface area contributed by atoms with Crippen molar-refractivity contribution in [1.82, 2.24) is 0 Å². The van der Waals surface area contributed by atoms with Crippen molar-refractivity contribution in [3.05, 3.63) is 33.8 Å². The molecule has 1 nitrogen and oxygen atoms in total. The number of rotatable bonds is 2. The molecule has 0 spiro atoms. The van der Waals surface area contributed by atoms with Gasteiger partial charge in [-0.15, -0.1) is 0 Å². The van der Waals surface area contributed by atoms with E-state index >= 15 is 0 Å². The topological polar surface area (TPSA) is 17.1 Å². The Kier molecular flexibility index (Phi) is 4.23. The standard InChI is InChI=1S/C8H4Br2Cl2O/c9-8(10)7(13)4-2-1-3-5(11)6(4)12/h1-3,8H. The van der Waals surface area contributed by atoms with Gasteiger partial charge in [0.1, 0.15) is 3.74 Å². The third kappa shape index (κ3) is 2.69. The first-order valence-corrected chi connectivity index (χ1v) is 5.89. The van der Waals surface area contributed by atoms with Crippen molar-refractivity contribution in [3.8, 4) is 0 Å². The van der Waals surface area contributed by atoms with Crippen molar-refractivity contribution in [3.63, 3.8) is 0 Å². The predicted molar refractivity (Wildman–Crippen MR) is 62.4 cm³/mol. The van der Waals surface area contributed by atoms with Crippen molar-refractivity contribution in [1.29, 1.82) is 0 Å². The zero-order chi connectivity index (χ0) is 10.0. The average molecular weight is 347 g/mol. The number of carbonyl (C=O) groups is 1. The first-order chi connectivity index (χ1) is 6.04. The number of alkyl halides is 2. The van der Waals surface area contributed by atoms with Crippen LogP contribution in [-0.2, 0) is 0 Å². The van der Waals surface area contributed by atoms with Crippen LogP contribution in [0.1, 0.15) is 10.4 Å². The van der Waals surface area contributed by atoms with Gasteiger partial charge in [-0.25, -0.2) is 0 Å². The maximum Gasteiger partial charge on any atom is 0.188 e. The van der Waals surface area contributed by atoms with Crippen LogP contribution in [0.15, 0.2) is 18.2 Å². The fraction of sp³-hybridized carbons (Fsp3) is 0.125. The van der Waals surface area contributed by atoms with Crippen molar-refractivity contribution in [2.45, 2.75) is 3.74 Å². The van der Waals surface area contributed by atoms with E-state index in [1.807, 2.05) is 0 Å². The minimum Gasteiger partial charge on any atom is -0.292 e. The second kappa shape index (κ2) is 4.78. The molecule has 0 aliphatic rings. The Labute approximate surface area is 103 Å². The van der Waals surface area contributed by atoms with Gasteiger partial charge >= 0.3 is 0 Å². The molecule has 0 bridgehead atoms. The number of ketones is 1. The fourth-order valence-electron chi connectivity index (χ4n) is 0.812. The van der Waals surface area contributed by atoms with Gasteiger partial charge in [0.05, 0.1) is 10.0 Å². The third-order valence-corrected chi connectivity index (χ3v) is 3.07. The number of halogens is 4. The van der Waals surface area contributed by atoms with Crippen LogP contribution in [-0.4, -0.2) is 9.52 Å². The summed E-state index contributed by atoms with van der Waals surface area (Å²) in [5.41, 5.74) is 0.410. The van der Waals surface area contributed by atoms with E-state index in [4.69, 9.17) is 23.2 Å². The van der Waals surface area contributed by atoms with Crippen LogP contribution in [0.25, 0.3) is 0 Å². The number of hydrogen-bond acceptors (Lipinski definition) is 1. The molecule has 0 radical (unpaired) electrons. The Hall–Kier alpha value is 0.430. The molecule has 70 valence electrons. The van der Waals surface area contributed by atoms with Crippen LogP contribution in [0.3, 0.4) is 0 Å². The van der Waals surface area contributed by atoms with Gasteiger partial charge in [0.15, 0.2) is 5.78 Å². The summed E-state index contributed by atoms with van der Waals surface area (Å²) in [5.74, 6) is -0.146. The van der Waals surface area contributed by atoms with Crippen molar-refractivity contribution < 1.29 is 4.79 Å². The summed E-state index contributed by atoms with van der Waals surface area (Å²) >= 11 is 17.8. The third-order valence-electron chi connectivity index (χ3n) is 1.42. The van der Waals surface area contributed by atoms with E-state index in [-0.39, 0.29) is 10.8 Å². The van der Waals surface area contributed by atoms with Crippen molar-refractivity contribution in [2.24, 2.45) is 0 Å². The summed E-state index contributed by atoms with van der Waals surface area (Å²) in [7, 11) is 0. The molecule has 0 heterocycles. The quantitative estimate of drug-likeness (QED) is 0.576. The summed E-state index contributed by atoms with van der Waals surface area (Å²) in [6.07, 6.45) is 0. The van der Waals surface area contributed by atoms with Gasteiger partial charge in [-0.1, -0.05) is 61.1 Å². The molecule has 13 heavy (non-hydrogen) atoms. The summed E-state index contributed by atoms with van der Waals surface area (Å²) in [6.45, 7) is 0. The lowest BCUT2D eigenvalue weighted by Gasteiger charge is -2.04. The van der Waals surface area contributed by atoms with E-state index in [0.717, 1.165) is 0 Å². The van der Waals surface area contributed by atoms with E-state index in [1.165, 1.54) is 0 Å². The number of benzene rings is 1. The second-order valence-electron chi connectivity index (χ2n) is 2.27. The first kappa shape index (κ1) is 11.5. The Balaban J connectivity index is 3.15. The van der Waals surface area contributed by atoms with Crippen molar-refractivity contribution in [2.75, 3.05) is 0 Å². The SMILES string of the molecule is O=C(c1cccc(Cl)c1Cl)C(Br)Br. The van der Waals surface area contributed by atoms with Gasteiger partial charge in [-0.05, 0) is 12.1 Å². The van der Waals surface area contributed by atoms with E-state index in [2.05, 4.69) is 31.9 Å². The molecule has 0 atom stereocenters. The summed E-state index contributed by atoms with van der Waals surface area (Å²) in [6, 6.07) is 4.95. The molecule has 0 amide bonds. The monoisotopic (exact) mass is 344 g/mol. The molecule has 0 N–H and O–H groups in total. The lowest BCUT2D eigenvalue weighted by atomic mass is 10.1. The Bertz CT molecular complexity index is 339. The minimum absolute atomic E-state index is 0.146. The van der Waals surface area contributed by atoms with Crippen LogP contribution in [0.2, 0.25) is 10.0 Å². The molecule has 0 aliphatic carbocycles. The fourth-order valence-corrected chi connectivity index (χ4v) is 1.70. The predicted octanol–water partition coefficient (Wildman–Crippen LogP) is 4.29. The van der Waals surface area contributed by atoms with E-state index in [0.29, 0.717) is 10.6 Å². The second-order valence-corrected chi connectivity index (χ2v) is 6.11. The van der Waals surface area contributed by atoms with Crippen LogP contribution in [0, 0.1) is 0 Å². The normalized spacial score (nSPS) is 10.5. The highest BCUT2D eigenvalue weighted by molar-refractivity contribution is 9.25. The number of hydrogen-bond donors (Lipinski definition) is 0. The molecule has 0 aromatic heterocycles. The van der Waals surface area contributed by atoms with E-state index < -0.39 is 3.74 Å². The van der Waals surface area contributed by atoms with Gasteiger partial charge in [-0.2, -0.15) is 0 Å². The molecule has 0 aliphatic heterocycles. The highest BCUT2D eigenvalue weighted by Crippen LogP contribution is 2.28. The maximum absolute atomic E-state index is 11.5. The summed E-state index contributed by atoms with van der Waals surface area (Å²) < 4.78 is -0.434. The van der Waals surface area contributed by atoms with Crippen LogP contribution in [0.5, 0.6) is 0 Å². The van der Waals surface area contributed by atoms with Gasteiger partial charge in [0, 0.05) is 5.56 Å². The first-order valence-electron chi connectivity index (χ1n) is 3.30. The number of carbonyl (C=O) groups excluding carboxylic acids is 1. The van der Waals surface area contributed by atoms with Gasteiger partial charge in [0.2, 0.25) is 0 Å². The van der Waals surface area contributed by atoms with Crippen LogP contribution in [0.4, 0.5) is 0 Å². The Morgan fingerprint density at radius 1 is 1.31 bits per heavy atom. The molecule has 0 fully saturated rings. The molecule has 0 saturated heterocycles. The summed E-state index contributed by atoms with van der Waals surface area (Å²) in [5, 5.41) is 0.672. The molecular weight excluding hydrogens is 343 g/mol. The molecule has 0 saturated carbocycles. The Morgan fingerprint density at radius 3 is 2.46 bits per heavy atom. The smallest absolute Gasteiger partial charge is 0.188 e. The number of Topliss-reactive ketones (excluding diaryl/α,β-unsaturated/α-hetero) is 1.